The number of guanidine groups is 1. The quantitative estimate of drug-likeness (QED) is 0.420. The number of rotatable bonds is 10. The van der Waals surface area contributed by atoms with Gasteiger partial charge < -0.3 is 15.7 Å². The molecule has 0 aromatic carbocycles. The zero-order valence-corrected chi connectivity index (χ0v) is 16.4. The molecule has 1 aromatic heterocycles. The third-order valence-electron chi connectivity index (χ3n) is 4.53. The summed E-state index contributed by atoms with van der Waals surface area (Å²) in [6.07, 6.45) is -1.45. The van der Waals surface area contributed by atoms with Gasteiger partial charge in [0.05, 0.1) is 5.01 Å². The lowest BCUT2D eigenvalue weighted by Gasteiger charge is -2.29. The highest BCUT2D eigenvalue weighted by molar-refractivity contribution is 7.09. The second-order valence-electron chi connectivity index (χ2n) is 6.18. The molecule has 0 saturated heterocycles. The first-order valence-electron chi connectivity index (χ1n) is 8.94. The molecule has 1 rings (SSSR count). The van der Waals surface area contributed by atoms with Gasteiger partial charge >= 0.3 is 6.18 Å². The van der Waals surface area contributed by atoms with E-state index in [1.54, 1.807) is 0 Å². The first-order valence-corrected chi connectivity index (χ1v) is 9.82. The van der Waals surface area contributed by atoms with Crippen LogP contribution in [0.1, 0.15) is 50.7 Å². The van der Waals surface area contributed by atoms with Crippen molar-refractivity contribution in [2.24, 2.45) is 10.4 Å². The Hall–Kier alpha value is -1.35. The van der Waals surface area contributed by atoms with E-state index in [1.165, 1.54) is 0 Å². The summed E-state index contributed by atoms with van der Waals surface area (Å²) in [4.78, 5) is 8.23. The Bertz CT molecular complexity index is 556. The van der Waals surface area contributed by atoms with Gasteiger partial charge in [0.2, 0.25) is 0 Å². The van der Waals surface area contributed by atoms with Gasteiger partial charge in [0.1, 0.15) is 0 Å². The van der Waals surface area contributed by atoms with E-state index >= 15 is 0 Å². The number of nitrogens with zero attached hydrogens (tertiary/aromatic N) is 2. The standard InChI is InChI=1S/C17H29F3N4OS/c1-4-16(5-2,8-10-25)12-23-15(21-6-3)22-9-7-14-24-13(11-26-14)17(18,19)20/h11,25H,4-10,12H2,1-3H3,(H2,21,22,23). The predicted octanol–water partition coefficient (Wildman–Crippen LogP) is 3.45. The lowest BCUT2D eigenvalue weighted by Crippen LogP contribution is -2.39. The molecule has 0 atom stereocenters. The number of aliphatic imine (C=N–C) groups is 1. The van der Waals surface area contributed by atoms with Crippen LogP contribution < -0.4 is 10.6 Å². The predicted molar refractivity (Wildman–Crippen MR) is 99.5 cm³/mol. The summed E-state index contributed by atoms with van der Waals surface area (Å²) < 4.78 is 37.7. The van der Waals surface area contributed by atoms with Crippen LogP contribution in [0.3, 0.4) is 0 Å². The normalized spacial score (nSPS) is 13.1. The van der Waals surface area contributed by atoms with Crippen LogP contribution in [0, 0.1) is 5.41 Å². The van der Waals surface area contributed by atoms with Crippen LogP contribution in [0.4, 0.5) is 13.2 Å². The molecule has 0 fully saturated rings. The Balaban J connectivity index is 2.63. The molecule has 0 unspecified atom stereocenters. The van der Waals surface area contributed by atoms with E-state index in [4.69, 9.17) is 0 Å². The third-order valence-corrected chi connectivity index (χ3v) is 5.44. The molecule has 1 aromatic rings. The molecule has 26 heavy (non-hydrogen) atoms. The molecule has 0 aliphatic rings. The van der Waals surface area contributed by atoms with Crippen molar-refractivity contribution in [1.82, 2.24) is 15.6 Å². The molecule has 5 nitrogen and oxygen atoms in total. The summed E-state index contributed by atoms with van der Waals surface area (Å²) in [5.74, 6) is 0.629. The Morgan fingerprint density at radius 3 is 2.42 bits per heavy atom. The minimum absolute atomic E-state index is 0.0337. The Morgan fingerprint density at radius 1 is 1.23 bits per heavy atom. The minimum atomic E-state index is -4.39. The van der Waals surface area contributed by atoms with Gasteiger partial charge in [-0.2, -0.15) is 13.2 Å². The van der Waals surface area contributed by atoms with E-state index in [-0.39, 0.29) is 12.0 Å². The van der Waals surface area contributed by atoms with Crippen molar-refractivity contribution in [3.05, 3.63) is 16.1 Å². The Kier molecular flexibility index (Phi) is 9.35. The maximum Gasteiger partial charge on any atom is 0.434 e. The molecule has 0 aliphatic carbocycles. The number of thiazole rings is 1. The van der Waals surface area contributed by atoms with Crippen molar-refractivity contribution < 1.29 is 18.3 Å². The summed E-state index contributed by atoms with van der Waals surface area (Å²) in [6, 6.07) is 0. The van der Waals surface area contributed by atoms with Crippen LogP contribution in [-0.2, 0) is 12.6 Å². The highest BCUT2D eigenvalue weighted by atomic mass is 32.1. The molecule has 0 spiro atoms. The molecule has 0 bridgehead atoms. The molecule has 9 heteroatoms. The molecule has 1 heterocycles. The van der Waals surface area contributed by atoms with Crippen LogP contribution >= 0.6 is 11.3 Å². The van der Waals surface area contributed by atoms with Crippen molar-refractivity contribution >= 4 is 17.3 Å². The van der Waals surface area contributed by atoms with Crippen molar-refractivity contribution in [2.45, 2.75) is 52.6 Å². The lowest BCUT2D eigenvalue weighted by molar-refractivity contribution is -0.140. The first-order chi connectivity index (χ1) is 12.3. The van der Waals surface area contributed by atoms with Crippen molar-refractivity contribution in [2.75, 3.05) is 26.2 Å². The van der Waals surface area contributed by atoms with Gasteiger partial charge in [-0.05, 0) is 31.6 Å². The molecule has 0 aliphatic heterocycles. The smallest absolute Gasteiger partial charge is 0.396 e. The fourth-order valence-electron chi connectivity index (χ4n) is 2.58. The lowest BCUT2D eigenvalue weighted by atomic mass is 9.79. The van der Waals surface area contributed by atoms with Crippen molar-refractivity contribution in [3.8, 4) is 0 Å². The van der Waals surface area contributed by atoms with E-state index in [2.05, 4.69) is 34.5 Å². The maximum atomic E-state index is 12.6. The van der Waals surface area contributed by atoms with E-state index in [1.807, 2.05) is 6.92 Å². The van der Waals surface area contributed by atoms with E-state index in [0.29, 0.717) is 43.4 Å². The number of hydrogen-bond donors (Lipinski definition) is 3. The summed E-state index contributed by atoms with van der Waals surface area (Å²) in [5, 5.41) is 17.1. The Labute approximate surface area is 157 Å². The average molecular weight is 395 g/mol. The second kappa shape index (κ2) is 10.7. The summed E-state index contributed by atoms with van der Waals surface area (Å²) in [7, 11) is 0. The van der Waals surface area contributed by atoms with E-state index in [9.17, 15) is 18.3 Å². The van der Waals surface area contributed by atoms with Gasteiger partial charge in [-0.15, -0.1) is 11.3 Å². The fourth-order valence-corrected chi connectivity index (χ4v) is 3.38. The van der Waals surface area contributed by atoms with E-state index in [0.717, 1.165) is 29.6 Å². The first kappa shape index (κ1) is 22.7. The second-order valence-corrected chi connectivity index (χ2v) is 7.12. The average Bonchev–Trinajstić information content (AvgIpc) is 3.08. The maximum absolute atomic E-state index is 12.6. The minimum Gasteiger partial charge on any atom is -0.396 e. The van der Waals surface area contributed by atoms with Gasteiger partial charge in [-0.3, -0.25) is 4.99 Å². The van der Waals surface area contributed by atoms with Crippen LogP contribution in [0.25, 0.3) is 0 Å². The molecule has 0 saturated carbocycles. The van der Waals surface area contributed by atoms with Gasteiger partial charge in [-0.25, -0.2) is 4.98 Å². The molecule has 0 amide bonds. The number of aromatic nitrogens is 1. The van der Waals surface area contributed by atoms with Crippen LogP contribution in [0.15, 0.2) is 10.4 Å². The molecular weight excluding hydrogens is 365 g/mol. The topological polar surface area (TPSA) is 69.5 Å². The van der Waals surface area contributed by atoms with Gasteiger partial charge in [0, 0.05) is 38.0 Å². The van der Waals surface area contributed by atoms with Crippen LogP contribution in [0.2, 0.25) is 0 Å². The molecule has 150 valence electrons. The van der Waals surface area contributed by atoms with Crippen molar-refractivity contribution in [1.29, 1.82) is 0 Å². The number of nitrogens with one attached hydrogen (secondary N) is 2. The highest BCUT2D eigenvalue weighted by Crippen LogP contribution is 2.31. The van der Waals surface area contributed by atoms with Gasteiger partial charge in [-0.1, -0.05) is 13.8 Å². The van der Waals surface area contributed by atoms with Crippen molar-refractivity contribution in [3.63, 3.8) is 0 Å². The highest BCUT2D eigenvalue weighted by Gasteiger charge is 2.33. The van der Waals surface area contributed by atoms with Crippen LogP contribution in [0.5, 0.6) is 0 Å². The number of alkyl halides is 3. The monoisotopic (exact) mass is 394 g/mol. The van der Waals surface area contributed by atoms with Crippen LogP contribution in [-0.4, -0.2) is 42.3 Å². The number of aliphatic hydroxyl groups excluding tert-OH is 1. The fraction of sp³-hybridized carbons (Fsp3) is 0.765. The molecule has 0 radical (unpaired) electrons. The van der Waals surface area contributed by atoms with Gasteiger partial charge in [0.25, 0.3) is 0 Å². The summed E-state index contributed by atoms with van der Waals surface area (Å²) in [5.41, 5.74) is -0.869. The number of aliphatic hydroxyl groups is 1. The largest absolute Gasteiger partial charge is 0.434 e. The Morgan fingerprint density at radius 2 is 1.92 bits per heavy atom. The molecular formula is C17H29F3N4OS. The summed E-state index contributed by atoms with van der Waals surface area (Å²) in [6.45, 7) is 7.99. The number of halogens is 3. The van der Waals surface area contributed by atoms with Gasteiger partial charge in [0.15, 0.2) is 11.7 Å². The zero-order valence-electron chi connectivity index (χ0n) is 15.6. The zero-order chi connectivity index (χ0) is 19.6. The SMILES string of the molecule is CCNC(=NCC(CC)(CC)CCO)NCCc1nc(C(F)(F)F)cs1. The molecule has 3 N–H and O–H groups in total. The van der Waals surface area contributed by atoms with E-state index < -0.39 is 11.9 Å². The number of hydrogen-bond acceptors (Lipinski definition) is 4. The third kappa shape index (κ3) is 7.11. The summed E-state index contributed by atoms with van der Waals surface area (Å²) >= 11 is 1.01.